The third-order valence-corrected chi connectivity index (χ3v) is 5.08. The number of nitrogens with zero attached hydrogens (tertiary/aromatic N) is 1. The Morgan fingerprint density at radius 2 is 1.47 bits per heavy atom. The fraction of sp³-hybridized carbons (Fsp3) is 0.333. The van der Waals surface area contributed by atoms with Crippen molar-refractivity contribution in [1.82, 2.24) is 0 Å². The minimum absolute atomic E-state index is 0.0193. The molecular weight excluding hydrogens is 306 g/mol. The largest absolute Gasteiger partial charge is 0.274 e. The maximum atomic E-state index is 12.5. The molecule has 4 rings (SSSR count). The number of anilines is 1. The molecule has 1 aromatic carbocycles. The van der Waals surface area contributed by atoms with E-state index in [1.807, 2.05) is 24.3 Å². The lowest BCUT2D eigenvalue weighted by Gasteiger charge is -2.17. The number of halogens is 1. The van der Waals surface area contributed by atoms with E-state index in [1.54, 1.807) is 0 Å². The van der Waals surface area contributed by atoms with Crippen LogP contribution in [-0.2, 0) is 9.59 Å². The highest BCUT2D eigenvalue weighted by Crippen LogP contribution is 2.53. The highest BCUT2D eigenvalue weighted by atomic mass is 79.9. The maximum Gasteiger partial charge on any atom is 0.238 e. The van der Waals surface area contributed by atoms with Crippen LogP contribution in [0, 0.1) is 23.7 Å². The SMILES string of the molecule is O=C1[C@H]2[C@H](C(=O)N1c1ccc(Br)cc1)[C@H]1C=C[C@H]2C1. The number of carbonyl (C=O) groups excluding carboxylic acids is 2. The maximum absolute atomic E-state index is 12.5. The lowest BCUT2D eigenvalue weighted by molar-refractivity contribution is -0.123. The zero-order valence-corrected chi connectivity index (χ0v) is 11.7. The van der Waals surface area contributed by atoms with Gasteiger partial charge in [0.15, 0.2) is 0 Å². The van der Waals surface area contributed by atoms with Crippen LogP contribution in [0.5, 0.6) is 0 Å². The van der Waals surface area contributed by atoms with Crippen molar-refractivity contribution in [3.63, 3.8) is 0 Å². The van der Waals surface area contributed by atoms with Gasteiger partial charge in [-0.25, -0.2) is 0 Å². The molecule has 1 aliphatic heterocycles. The molecule has 4 heteroatoms. The van der Waals surface area contributed by atoms with E-state index in [0.717, 1.165) is 10.9 Å². The molecule has 0 unspecified atom stereocenters. The Bertz CT molecular complexity index is 577. The fourth-order valence-corrected chi connectivity index (χ4v) is 4.01. The van der Waals surface area contributed by atoms with Gasteiger partial charge in [-0.05, 0) is 42.5 Å². The molecule has 3 aliphatic rings. The van der Waals surface area contributed by atoms with Gasteiger partial charge >= 0.3 is 0 Å². The molecule has 96 valence electrons. The van der Waals surface area contributed by atoms with Gasteiger partial charge in [-0.3, -0.25) is 14.5 Å². The lowest BCUT2D eigenvalue weighted by atomic mass is 9.85. The molecule has 1 saturated carbocycles. The average molecular weight is 318 g/mol. The van der Waals surface area contributed by atoms with E-state index in [-0.39, 0.29) is 35.5 Å². The minimum atomic E-state index is -0.119. The van der Waals surface area contributed by atoms with Crippen molar-refractivity contribution in [3.8, 4) is 0 Å². The second kappa shape index (κ2) is 3.79. The van der Waals surface area contributed by atoms with Crippen LogP contribution in [0.25, 0.3) is 0 Å². The van der Waals surface area contributed by atoms with Crippen LogP contribution in [0.2, 0.25) is 0 Å². The summed E-state index contributed by atoms with van der Waals surface area (Å²) in [6, 6.07) is 7.35. The Balaban J connectivity index is 1.74. The molecule has 1 saturated heterocycles. The molecule has 0 N–H and O–H groups in total. The van der Waals surface area contributed by atoms with Gasteiger partial charge in [-0.15, -0.1) is 0 Å². The van der Waals surface area contributed by atoms with Gasteiger partial charge in [0.1, 0.15) is 0 Å². The Kier molecular flexibility index (Phi) is 2.28. The molecule has 2 amide bonds. The molecule has 2 bridgehead atoms. The summed E-state index contributed by atoms with van der Waals surface area (Å²) in [4.78, 5) is 26.4. The zero-order valence-electron chi connectivity index (χ0n) is 10.1. The number of carbonyl (C=O) groups is 2. The van der Waals surface area contributed by atoms with E-state index in [9.17, 15) is 9.59 Å². The van der Waals surface area contributed by atoms with Crippen LogP contribution in [0.4, 0.5) is 5.69 Å². The second-order valence-corrected chi connectivity index (χ2v) is 6.40. The summed E-state index contributed by atoms with van der Waals surface area (Å²) in [5.41, 5.74) is 0.687. The quantitative estimate of drug-likeness (QED) is 0.590. The van der Waals surface area contributed by atoms with Crippen LogP contribution >= 0.6 is 15.9 Å². The van der Waals surface area contributed by atoms with Crippen molar-refractivity contribution in [3.05, 3.63) is 40.9 Å². The van der Waals surface area contributed by atoms with Gasteiger partial charge in [0.2, 0.25) is 11.8 Å². The predicted molar refractivity (Wildman–Crippen MR) is 74.4 cm³/mol. The Hall–Kier alpha value is -1.42. The van der Waals surface area contributed by atoms with Crippen molar-refractivity contribution in [1.29, 1.82) is 0 Å². The molecule has 3 nitrogen and oxygen atoms in total. The molecule has 1 aromatic rings. The normalized spacial score (nSPS) is 35.3. The van der Waals surface area contributed by atoms with E-state index >= 15 is 0 Å². The summed E-state index contributed by atoms with van der Waals surface area (Å²) < 4.78 is 0.942. The lowest BCUT2D eigenvalue weighted by Crippen LogP contribution is -2.32. The van der Waals surface area contributed by atoms with E-state index in [2.05, 4.69) is 28.1 Å². The number of allylic oxidation sites excluding steroid dienone is 2. The Morgan fingerprint density at radius 3 is 2.00 bits per heavy atom. The summed E-state index contributed by atoms with van der Waals surface area (Å²) in [5.74, 6) is 0.263. The summed E-state index contributed by atoms with van der Waals surface area (Å²) in [7, 11) is 0. The van der Waals surface area contributed by atoms with Gasteiger partial charge in [0, 0.05) is 4.47 Å². The number of imide groups is 1. The van der Waals surface area contributed by atoms with Gasteiger partial charge in [-0.2, -0.15) is 0 Å². The molecule has 1 heterocycles. The van der Waals surface area contributed by atoms with E-state index in [4.69, 9.17) is 0 Å². The number of rotatable bonds is 1. The first kappa shape index (κ1) is 11.4. The molecule has 0 radical (unpaired) electrons. The third-order valence-electron chi connectivity index (χ3n) is 4.56. The number of amides is 2. The van der Waals surface area contributed by atoms with E-state index < -0.39 is 0 Å². The van der Waals surface area contributed by atoms with E-state index in [0.29, 0.717) is 5.69 Å². The van der Waals surface area contributed by atoms with Gasteiger partial charge < -0.3 is 0 Å². The second-order valence-electron chi connectivity index (χ2n) is 5.49. The van der Waals surface area contributed by atoms with Gasteiger partial charge in [0.25, 0.3) is 0 Å². The Morgan fingerprint density at radius 1 is 0.947 bits per heavy atom. The topological polar surface area (TPSA) is 37.4 Å². The van der Waals surface area contributed by atoms with Crippen molar-refractivity contribution in [2.75, 3.05) is 4.90 Å². The van der Waals surface area contributed by atoms with Gasteiger partial charge in [-0.1, -0.05) is 28.1 Å². The first-order valence-corrected chi connectivity index (χ1v) is 7.28. The standard InChI is InChI=1S/C15H12BrNO2/c16-10-3-5-11(6-4-10)17-14(18)12-8-1-2-9(7-8)13(12)15(17)19/h1-6,8-9,12-13H,7H2/t8-,9-,12+,13+/m0/s1. The number of hydrogen-bond acceptors (Lipinski definition) is 2. The van der Waals surface area contributed by atoms with Crippen LogP contribution in [-0.4, -0.2) is 11.8 Å². The molecule has 2 aliphatic carbocycles. The summed E-state index contributed by atoms with van der Waals surface area (Å²) in [6.07, 6.45) is 5.20. The van der Waals surface area contributed by atoms with Crippen LogP contribution < -0.4 is 4.90 Å². The summed E-state index contributed by atoms with van der Waals surface area (Å²) >= 11 is 3.36. The first-order valence-electron chi connectivity index (χ1n) is 6.48. The molecular formula is C15H12BrNO2. The fourth-order valence-electron chi connectivity index (χ4n) is 3.75. The van der Waals surface area contributed by atoms with Gasteiger partial charge in [0.05, 0.1) is 17.5 Å². The smallest absolute Gasteiger partial charge is 0.238 e. The van der Waals surface area contributed by atoms with Crippen molar-refractivity contribution < 1.29 is 9.59 Å². The zero-order chi connectivity index (χ0) is 13.1. The highest BCUT2D eigenvalue weighted by molar-refractivity contribution is 9.10. The summed E-state index contributed by atoms with van der Waals surface area (Å²) in [5, 5.41) is 0. The Labute approximate surface area is 119 Å². The molecule has 0 aromatic heterocycles. The van der Waals surface area contributed by atoms with Crippen molar-refractivity contribution in [2.45, 2.75) is 6.42 Å². The summed E-state index contributed by atoms with van der Waals surface area (Å²) in [6.45, 7) is 0. The molecule has 19 heavy (non-hydrogen) atoms. The van der Waals surface area contributed by atoms with Crippen LogP contribution in [0.1, 0.15) is 6.42 Å². The first-order chi connectivity index (χ1) is 9.16. The highest BCUT2D eigenvalue weighted by Gasteiger charge is 2.59. The number of benzene rings is 1. The molecule has 2 fully saturated rings. The van der Waals surface area contributed by atoms with Crippen molar-refractivity contribution >= 4 is 33.4 Å². The predicted octanol–water partition coefficient (Wildman–Crippen LogP) is 2.76. The van der Waals surface area contributed by atoms with E-state index in [1.165, 1.54) is 4.90 Å². The molecule has 4 atom stereocenters. The third kappa shape index (κ3) is 1.43. The number of fused-ring (bicyclic) bond motifs is 5. The average Bonchev–Trinajstić information content (AvgIpc) is 3.06. The van der Waals surface area contributed by atoms with Crippen LogP contribution in [0.15, 0.2) is 40.9 Å². The van der Waals surface area contributed by atoms with Crippen LogP contribution in [0.3, 0.4) is 0 Å². The number of hydrogen-bond donors (Lipinski definition) is 0. The molecule has 0 spiro atoms. The van der Waals surface area contributed by atoms with Crippen molar-refractivity contribution in [2.24, 2.45) is 23.7 Å². The minimum Gasteiger partial charge on any atom is -0.274 e. The monoisotopic (exact) mass is 317 g/mol.